The van der Waals surface area contributed by atoms with Crippen molar-refractivity contribution in [2.75, 3.05) is 6.67 Å². The van der Waals surface area contributed by atoms with Gasteiger partial charge in [0.25, 0.3) is 5.91 Å². The number of nitrogens with one attached hydrogen (secondary N) is 1. The van der Waals surface area contributed by atoms with E-state index in [-0.39, 0.29) is 11.7 Å². The summed E-state index contributed by atoms with van der Waals surface area (Å²) in [6.07, 6.45) is 6.86. The van der Waals surface area contributed by atoms with Crippen LogP contribution in [0, 0.1) is 0 Å². The maximum absolute atomic E-state index is 12.5. The Morgan fingerprint density at radius 1 is 1.41 bits per heavy atom. The average molecular weight is 310 g/mol. The lowest BCUT2D eigenvalue weighted by Crippen LogP contribution is -2.42. The van der Waals surface area contributed by atoms with E-state index in [0.29, 0.717) is 5.88 Å². The molecule has 0 saturated heterocycles. The number of halogens is 1. The summed E-state index contributed by atoms with van der Waals surface area (Å²) in [6.45, 7) is -1.17. The molecule has 0 aliphatic heterocycles. The molecule has 1 saturated carbocycles. The van der Waals surface area contributed by atoms with Crippen LogP contribution in [0.5, 0.6) is 5.88 Å². The standard InChI is InChI=1S/C15H19FN2O4/c16-9-12(15(20)21)18-14(19)10-6-7-17-13(8-10)22-11-4-2-1-3-5-11/h6-8,11-12H,1-5,9H2,(H,18,19)(H,20,21). The zero-order valence-corrected chi connectivity index (χ0v) is 12.1. The van der Waals surface area contributed by atoms with Crippen molar-refractivity contribution >= 4 is 11.9 Å². The number of aliphatic carboxylic acids is 1. The normalized spacial score (nSPS) is 16.8. The van der Waals surface area contributed by atoms with Gasteiger partial charge in [-0.2, -0.15) is 0 Å². The second-order valence-corrected chi connectivity index (χ2v) is 5.28. The summed E-state index contributed by atoms with van der Waals surface area (Å²) in [4.78, 5) is 26.7. The van der Waals surface area contributed by atoms with E-state index in [1.807, 2.05) is 0 Å². The average Bonchev–Trinajstić information content (AvgIpc) is 2.53. The molecule has 0 aromatic carbocycles. The van der Waals surface area contributed by atoms with Crippen LogP contribution in [0.1, 0.15) is 42.5 Å². The van der Waals surface area contributed by atoms with Gasteiger partial charge in [0.2, 0.25) is 5.88 Å². The summed E-state index contributed by atoms with van der Waals surface area (Å²) in [7, 11) is 0. The predicted molar refractivity (Wildman–Crippen MR) is 76.6 cm³/mol. The van der Waals surface area contributed by atoms with Crippen LogP contribution in [-0.2, 0) is 4.79 Å². The molecule has 120 valence electrons. The summed E-state index contributed by atoms with van der Waals surface area (Å²) in [6, 6.07) is 1.32. The first-order valence-electron chi connectivity index (χ1n) is 7.32. The Kier molecular flexibility index (Phi) is 5.68. The number of hydrogen-bond acceptors (Lipinski definition) is 4. The van der Waals surface area contributed by atoms with Crippen LogP contribution >= 0.6 is 0 Å². The van der Waals surface area contributed by atoms with Crippen molar-refractivity contribution in [1.29, 1.82) is 0 Å². The van der Waals surface area contributed by atoms with E-state index >= 15 is 0 Å². The van der Waals surface area contributed by atoms with Crippen LogP contribution in [0.3, 0.4) is 0 Å². The van der Waals surface area contributed by atoms with Crippen molar-refractivity contribution in [3.63, 3.8) is 0 Å². The van der Waals surface area contributed by atoms with E-state index in [4.69, 9.17) is 9.84 Å². The van der Waals surface area contributed by atoms with Crippen molar-refractivity contribution in [1.82, 2.24) is 10.3 Å². The molecular formula is C15H19FN2O4. The van der Waals surface area contributed by atoms with E-state index in [1.165, 1.54) is 24.8 Å². The van der Waals surface area contributed by atoms with Gasteiger partial charge in [0, 0.05) is 17.8 Å². The fraction of sp³-hybridized carbons (Fsp3) is 0.533. The SMILES string of the molecule is O=C(NC(CF)C(=O)O)c1ccnc(OC2CCCCC2)c1. The third-order valence-corrected chi connectivity index (χ3v) is 3.59. The number of ether oxygens (including phenoxy) is 1. The molecular weight excluding hydrogens is 291 g/mol. The van der Waals surface area contributed by atoms with E-state index in [9.17, 15) is 14.0 Å². The number of alkyl halides is 1. The summed E-state index contributed by atoms with van der Waals surface area (Å²) < 4.78 is 18.3. The summed E-state index contributed by atoms with van der Waals surface area (Å²) in [5.41, 5.74) is 0.195. The quantitative estimate of drug-likeness (QED) is 0.838. The Balaban J connectivity index is 2.00. The Morgan fingerprint density at radius 3 is 2.77 bits per heavy atom. The predicted octanol–water partition coefficient (Wildman–Crippen LogP) is 1.95. The fourth-order valence-corrected chi connectivity index (χ4v) is 2.38. The number of rotatable bonds is 6. The van der Waals surface area contributed by atoms with Gasteiger partial charge in [0.05, 0.1) is 0 Å². The van der Waals surface area contributed by atoms with Gasteiger partial charge in [-0.3, -0.25) is 4.79 Å². The van der Waals surface area contributed by atoms with Gasteiger partial charge >= 0.3 is 5.97 Å². The number of amides is 1. The number of aromatic nitrogens is 1. The second kappa shape index (κ2) is 7.72. The molecule has 1 aliphatic carbocycles. The minimum Gasteiger partial charge on any atom is -0.480 e. The van der Waals surface area contributed by atoms with Gasteiger partial charge in [-0.25, -0.2) is 14.2 Å². The number of carbonyl (C=O) groups excluding carboxylic acids is 1. The van der Waals surface area contributed by atoms with Crippen molar-refractivity contribution in [2.24, 2.45) is 0 Å². The van der Waals surface area contributed by atoms with Gasteiger partial charge in [-0.15, -0.1) is 0 Å². The topological polar surface area (TPSA) is 88.5 Å². The van der Waals surface area contributed by atoms with Crippen molar-refractivity contribution in [2.45, 2.75) is 44.2 Å². The minimum atomic E-state index is -1.55. The van der Waals surface area contributed by atoms with Gasteiger partial charge < -0.3 is 15.2 Å². The molecule has 7 heteroatoms. The van der Waals surface area contributed by atoms with E-state index in [0.717, 1.165) is 25.7 Å². The molecule has 6 nitrogen and oxygen atoms in total. The first kappa shape index (κ1) is 16.2. The van der Waals surface area contributed by atoms with Crippen LogP contribution in [0.4, 0.5) is 4.39 Å². The highest BCUT2D eigenvalue weighted by atomic mass is 19.1. The van der Waals surface area contributed by atoms with E-state index < -0.39 is 24.6 Å². The number of carboxylic acids is 1. The van der Waals surface area contributed by atoms with Gasteiger partial charge in [-0.1, -0.05) is 6.42 Å². The molecule has 0 radical (unpaired) electrons. The molecule has 1 atom stereocenters. The fourth-order valence-electron chi connectivity index (χ4n) is 2.38. The zero-order chi connectivity index (χ0) is 15.9. The third kappa shape index (κ3) is 4.41. The molecule has 1 heterocycles. The molecule has 22 heavy (non-hydrogen) atoms. The monoisotopic (exact) mass is 310 g/mol. The van der Waals surface area contributed by atoms with Crippen LogP contribution < -0.4 is 10.1 Å². The number of nitrogens with zero attached hydrogens (tertiary/aromatic N) is 1. The van der Waals surface area contributed by atoms with Crippen molar-refractivity contribution in [3.8, 4) is 5.88 Å². The van der Waals surface area contributed by atoms with Crippen molar-refractivity contribution < 1.29 is 23.8 Å². The smallest absolute Gasteiger partial charge is 0.328 e. The summed E-state index contributed by atoms with van der Waals surface area (Å²) in [5.74, 6) is -1.75. The first-order chi connectivity index (χ1) is 10.6. The summed E-state index contributed by atoms with van der Waals surface area (Å²) >= 11 is 0. The number of carbonyl (C=O) groups is 2. The third-order valence-electron chi connectivity index (χ3n) is 3.59. The molecule has 2 N–H and O–H groups in total. The maximum Gasteiger partial charge on any atom is 0.328 e. The molecule has 1 unspecified atom stereocenters. The number of hydrogen-bond donors (Lipinski definition) is 2. The van der Waals surface area contributed by atoms with Gasteiger partial charge in [0.15, 0.2) is 6.04 Å². The molecule has 1 amide bonds. The molecule has 1 fully saturated rings. The lowest BCUT2D eigenvalue weighted by Gasteiger charge is -2.22. The zero-order valence-electron chi connectivity index (χ0n) is 12.1. The highest BCUT2D eigenvalue weighted by Gasteiger charge is 2.21. The van der Waals surface area contributed by atoms with E-state index in [1.54, 1.807) is 0 Å². The van der Waals surface area contributed by atoms with Crippen molar-refractivity contribution in [3.05, 3.63) is 23.9 Å². The molecule has 0 spiro atoms. The van der Waals surface area contributed by atoms with E-state index in [2.05, 4.69) is 10.3 Å². The molecule has 0 bridgehead atoms. The highest BCUT2D eigenvalue weighted by Crippen LogP contribution is 2.22. The molecule has 2 rings (SSSR count). The Morgan fingerprint density at radius 2 is 2.14 bits per heavy atom. The minimum absolute atomic E-state index is 0.0946. The lowest BCUT2D eigenvalue weighted by molar-refractivity contribution is -0.139. The van der Waals surface area contributed by atoms with Crippen LogP contribution in [0.25, 0.3) is 0 Å². The molecule has 1 aromatic heterocycles. The highest BCUT2D eigenvalue weighted by molar-refractivity contribution is 5.96. The van der Waals surface area contributed by atoms with Gasteiger partial charge in [0.1, 0.15) is 12.8 Å². The van der Waals surface area contributed by atoms with Crippen LogP contribution in [0.15, 0.2) is 18.3 Å². The Labute approximate surface area is 127 Å². The largest absolute Gasteiger partial charge is 0.480 e. The number of pyridine rings is 1. The molecule has 1 aromatic rings. The Bertz CT molecular complexity index is 532. The second-order valence-electron chi connectivity index (χ2n) is 5.28. The summed E-state index contributed by atoms with van der Waals surface area (Å²) in [5, 5.41) is 10.9. The van der Waals surface area contributed by atoms with Crippen LogP contribution in [-0.4, -0.2) is 40.8 Å². The van der Waals surface area contributed by atoms with Gasteiger partial charge in [-0.05, 0) is 31.7 Å². The molecule has 1 aliphatic rings. The Hall–Kier alpha value is -2.18. The first-order valence-corrected chi connectivity index (χ1v) is 7.32. The van der Waals surface area contributed by atoms with Crippen LogP contribution in [0.2, 0.25) is 0 Å². The lowest BCUT2D eigenvalue weighted by atomic mass is 9.98. The number of carboxylic acid groups (broad SMARTS) is 1. The maximum atomic E-state index is 12.5.